The molecule has 0 amide bonds. The van der Waals surface area contributed by atoms with E-state index in [-0.39, 0.29) is 12.4 Å². The molecule has 0 radical (unpaired) electrons. The van der Waals surface area contributed by atoms with Crippen LogP contribution in [-0.4, -0.2) is 30.8 Å². The lowest BCUT2D eigenvalue weighted by atomic mass is 9.91. The van der Waals surface area contributed by atoms with E-state index in [0.717, 1.165) is 24.9 Å². The van der Waals surface area contributed by atoms with Crippen LogP contribution in [0.25, 0.3) is 0 Å². The summed E-state index contributed by atoms with van der Waals surface area (Å²) in [6.07, 6.45) is 3.39. The number of anilines is 1. The minimum atomic E-state index is -0.184. The van der Waals surface area contributed by atoms with Gasteiger partial charge >= 0.3 is 0 Å². The van der Waals surface area contributed by atoms with E-state index in [2.05, 4.69) is 5.32 Å². The zero-order valence-electron chi connectivity index (χ0n) is 11.5. The highest BCUT2D eigenvalue weighted by molar-refractivity contribution is 5.50. The molecule has 3 nitrogen and oxygen atoms in total. The number of nitrogens with one attached hydrogen (secondary N) is 1. The van der Waals surface area contributed by atoms with Crippen molar-refractivity contribution in [1.82, 2.24) is 5.32 Å². The molecule has 0 aromatic heterocycles. The normalized spacial score (nSPS) is 15.3. The average Bonchev–Trinajstić information content (AvgIpc) is 2.34. The second-order valence-electron chi connectivity index (χ2n) is 5.07. The molecule has 2 rings (SSSR count). The summed E-state index contributed by atoms with van der Waals surface area (Å²) in [5.74, 6) is -0.184. The van der Waals surface area contributed by atoms with E-state index in [0.29, 0.717) is 24.8 Å². The Morgan fingerprint density at radius 1 is 1.42 bits per heavy atom. The number of halogens is 1. The summed E-state index contributed by atoms with van der Waals surface area (Å²) in [5.41, 5.74) is 1.58. The van der Waals surface area contributed by atoms with Crippen molar-refractivity contribution in [2.75, 3.05) is 24.6 Å². The summed E-state index contributed by atoms with van der Waals surface area (Å²) in [5, 5.41) is 12.3. The zero-order valence-corrected chi connectivity index (χ0v) is 11.5. The van der Waals surface area contributed by atoms with Gasteiger partial charge in [0.1, 0.15) is 5.82 Å². The van der Waals surface area contributed by atoms with Gasteiger partial charge in [-0.3, -0.25) is 0 Å². The van der Waals surface area contributed by atoms with Gasteiger partial charge in [-0.2, -0.15) is 0 Å². The third-order valence-electron chi connectivity index (χ3n) is 3.76. The maximum atomic E-state index is 14.2. The van der Waals surface area contributed by atoms with Gasteiger partial charge in [-0.15, -0.1) is 0 Å². The monoisotopic (exact) mass is 266 g/mol. The van der Waals surface area contributed by atoms with Crippen LogP contribution in [0.2, 0.25) is 0 Å². The summed E-state index contributed by atoms with van der Waals surface area (Å²) >= 11 is 0. The Kier molecular flexibility index (Phi) is 5.16. The Morgan fingerprint density at radius 3 is 2.74 bits per heavy atom. The lowest BCUT2D eigenvalue weighted by molar-refractivity contribution is 0.282. The lowest BCUT2D eigenvalue weighted by Gasteiger charge is -2.39. The third-order valence-corrected chi connectivity index (χ3v) is 3.76. The standard InChI is InChI=1S/C15H23FN2O/c1-2-17-11-12-6-7-15(14(16)10-12)18(8-9-19)13-4-3-5-13/h6-7,10,13,17,19H,2-5,8-9,11H2,1H3. The summed E-state index contributed by atoms with van der Waals surface area (Å²) in [7, 11) is 0. The van der Waals surface area contributed by atoms with E-state index in [4.69, 9.17) is 5.11 Å². The smallest absolute Gasteiger partial charge is 0.146 e. The maximum absolute atomic E-state index is 14.2. The molecule has 0 heterocycles. The summed E-state index contributed by atoms with van der Waals surface area (Å²) in [4.78, 5) is 2.01. The summed E-state index contributed by atoms with van der Waals surface area (Å²) in [6, 6.07) is 5.79. The minimum absolute atomic E-state index is 0.0646. The Balaban J connectivity index is 2.12. The molecule has 1 fully saturated rings. The second kappa shape index (κ2) is 6.87. The number of hydrogen-bond donors (Lipinski definition) is 2. The van der Waals surface area contributed by atoms with Gasteiger partial charge in [0, 0.05) is 19.1 Å². The second-order valence-corrected chi connectivity index (χ2v) is 5.07. The van der Waals surface area contributed by atoms with Crippen LogP contribution in [0, 0.1) is 5.82 Å². The van der Waals surface area contributed by atoms with Crippen molar-refractivity contribution >= 4 is 5.69 Å². The lowest BCUT2D eigenvalue weighted by Crippen LogP contribution is -2.42. The molecule has 1 aliphatic rings. The highest BCUT2D eigenvalue weighted by Crippen LogP contribution is 2.31. The van der Waals surface area contributed by atoms with E-state index >= 15 is 0 Å². The summed E-state index contributed by atoms with van der Waals surface area (Å²) in [6.45, 7) is 4.17. The Morgan fingerprint density at radius 2 is 2.21 bits per heavy atom. The molecule has 0 saturated heterocycles. The number of rotatable bonds is 7. The van der Waals surface area contributed by atoms with Crippen LogP contribution in [0.15, 0.2) is 18.2 Å². The van der Waals surface area contributed by atoms with Crippen LogP contribution in [0.1, 0.15) is 31.7 Å². The first kappa shape index (κ1) is 14.3. The van der Waals surface area contributed by atoms with Crippen LogP contribution in [0.4, 0.5) is 10.1 Å². The van der Waals surface area contributed by atoms with Crippen molar-refractivity contribution in [2.24, 2.45) is 0 Å². The van der Waals surface area contributed by atoms with Gasteiger partial charge in [0.25, 0.3) is 0 Å². The molecule has 1 saturated carbocycles. The van der Waals surface area contributed by atoms with Crippen molar-refractivity contribution in [2.45, 2.75) is 38.8 Å². The maximum Gasteiger partial charge on any atom is 0.146 e. The van der Waals surface area contributed by atoms with Crippen molar-refractivity contribution in [3.8, 4) is 0 Å². The molecular formula is C15H23FN2O. The predicted octanol–water partition coefficient (Wildman–Crippen LogP) is 2.29. The molecule has 19 heavy (non-hydrogen) atoms. The molecule has 0 unspecified atom stereocenters. The fourth-order valence-corrected chi connectivity index (χ4v) is 2.47. The predicted molar refractivity (Wildman–Crippen MR) is 75.9 cm³/mol. The Hall–Kier alpha value is -1.13. The van der Waals surface area contributed by atoms with Crippen LogP contribution >= 0.6 is 0 Å². The van der Waals surface area contributed by atoms with Crippen LogP contribution < -0.4 is 10.2 Å². The molecule has 4 heteroatoms. The van der Waals surface area contributed by atoms with Gasteiger partial charge in [-0.05, 0) is 43.5 Å². The van der Waals surface area contributed by atoms with E-state index < -0.39 is 0 Å². The van der Waals surface area contributed by atoms with Gasteiger partial charge in [0.15, 0.2) is 0 Å². The fourth-order valence-electron chi connectivity index (χ4n) is 2.47. The Labute approximate surface area is 114 Å². The molecule has 1 aromatic carbocycles. The van der Waals surface area contributed by atoms with Crippen molar-refractivity contribution in [3.63, 3.8) is 0 Å². The first-order valence-corrected chi connectivity index (χ1v) is 7.13. The largest absolute Gasteiger partial charge is 0.395 e. The first-order chi connectivity index (χ1) is 9.26. The molecule has 2 N–H and O–H groups in total. The van der Waals surface area contributed by atoms with Crippen molar-refractivity contribution in [1.29, 1.82) is 0 Å². The number of nitrogens with zero attached hydrogens (tertiary/aromatic N) is 1. The SMILES string of the molecule is CCNCc1ccc(N(CCO)C2CCC2)c(F)c1. The average molecular weight is 266 g/mol. The van der Waals surface area contributed by atoms with Gasteiger partial charge in [0.05, 0.1) is 12.3 Å². The van der Waals surface area contributed by atoms with E-state index in [1.807, 2.05) is 24.0 Å². The Bertz CT molecular complexity index is 407. The van der Waals surface area contributed by atoms with Gasteiger partial charge < -0.3 is 15.3 Å². The van der Waals surface area contributed by atoms with E-state index in [9.17, 15) is 4.39 Å². The molecule has 0 atom stereocenters. The molecular weight excluding hydrogens is 243 g/mol. The van der Waals surface area contributed by atoms with E-state index in [1.165, 1.54) is 6.42 Å². The van der Waals surface area contributed by atoms with Gasteiger partial charge in [-0.25, -0.2) is 4.39 Å². The molecule has 106 valence electrons. The van der Waals surface area contributed by atoms with E-state index in [1.54, 1.807) is 6.07 Å². The molecule has 1 aliphatic carbocycles. The summed E-state index contributed by atoms with van der Waals surface area (Å²) < 4.78 is 14.2. The van der Waals surface area contributed by atoms with Crippen LogP contribution in [-0.2, 0) is 6.54 Å². The number of benzene rings is 1. The number of hydrogen-bond acceptors (Lipinski definition) is 3. The van der Waals surface area contributed by atoms with Crippen molar-refractivity contribution in [3.05, 3.63) is 29.6 Å². The fraction of sp³-hybridized carbons (Fsp3) is 0.600. The topological polar surface area (TPSA) is 35.5 Å². The molecule has 0 aliphatic heterocycles. The van der Waals surface area contributed by atoms with Crippen LogP contribution in [0.3, 0.4) is 0 Å². The number of aliphatic hydroxyl groups excluding tert-OH is 1. The quantitative estimate of drug-likeness (QED) is 0.795. The number of aliphatic hydroxyl groups is 1. The van der Waals surface area contributed by atoms with Crippen LogP contribution in [0.5, 0.6) is 0 Å². The third kappa shape index (κ3) is 3.45. The molecule has 1 aromatic rings. The molecule has 0 bridgehead atoms. The first-order valence-electron chi connectivity index (χ1n) is 7.13. The van der Waals surface area contributed by atoms with Gasteiger partial charge in [-0.1, -0.05) is 13.0 Å². The highest BCUT2D eigenvalue weighted by Gasteiger charge is 2.26. The minimum Gasteiger partial charge on any atom is -0.395 e. The van der Waals surface area contributed by atoms with Gasteiger partial charge in [0.2, 0.25) is 0 Å². The van der Waals surface area contributed by atoms with Crippen molar-refractivity contribution < 1.29 is 9.50 Å². The molecule has 0 spiro atoms. The zero-order chi connectivity index (χ0) is 13.7. The highest BCUT2D eigenvalue weighted by atomic mass is 19.1.